The summed E-state index contributed by atoms with van der Waals surface area (Å²) in [6, 6.07) is 7.73. The van der Waals surface area contributed by atoms with E-state index in [0.717, 1.165) is 82.8 Å². The van der Waals surface area contributed by atoms with Gasteiger partial charge in [0.15, 0.2) is 0 Å². The van der Waals surface area contributed by atoms with Gasteiger partial charge < -0.3 is 15.1 Å². The Morgan fingerprint density at radius 2 is 1.77 bits per heavy atom. The molecule has 2 amide bonds. The maximum absolute atomic E-state index is 12.8. The van der Waals surface area contributed by atoms with E-state index in [0.29, 0.717) is 6.54 Å². The van der Waals surface area contributed by atoms with E-state index >= 15 is 0 Å². The molecule has 30 heavy (non-hydrogen) atoms. The monoisotopic (exact) mass is 432 g/mol. The van der Waals surface area contributed by atoms with Gasteiger partial charge in [-0.05, 0) is 43.9 Å². The summed E-state index contributed by atoms with van der Waals surface area (Å²) in [5.74, 6) is 0.382. The minimum absolute atomic E-state index is 0.0245. The van der Waals surface area contributed by atoms with Crippen molar-refractivity contribution in [1.29, 1.82) is 0 Å². The molecule has 1 aliphatic carbocycles. The largest absolute Gasteiger partial charge is 0.369 e. The van der Waals surface area contributed by atoms with Crippen molar-refractivity contribution in [2.75, 3.05) is 50.7 Å². The molecule has 1 aromatic rings. The van der Waals surface area contributed by atoms with Gasteiger partial charge in [-0.25, -0.2) is 0 Å². The average Bonchev–Trinajstić information content (AvgIpc) is 3.46. The fourth-order valence-corrected chi connectivity index (χ4v) is 5.25. The van der Waals surface area contributed by atoms with Crippen LogP contribution in [0.1, 0.15) is 38.5 Å². The third-order valence-electron chi connectivity index (χ3n) is 6.82. The first-order valence-corrected chi connectivity index (χ1v) is 11.8. The molecule has 0 radical (unpaired) electrons. The quantitative estimate of drug-likeness (QED) is 0.751. The number of benzene rings is 1. The predicted molar refractivity (Wildman–Crippen MR) is 120 cm³/mol. The molecule has 1 unspecified atom stereocenters. The minimum atomic E-state index is -0.266. The number of amides is 2. The number of rotatable bonds is 6. The van der Waals surface area contributed by atoms with E-state index < -0.39 is 0 Å². The van der Waals surface area contributed by atoms with E-state index in [1.54, 1.807) is 0 Å². The van der Waals surface area contributed by atoms with Gasteiger partial charge in [0.2, 0.25) is 11.8 Å². The second kappa shape index (κ2) is 10.0. The molecule has 1 saturated carbocycles. The Kier molecular flexibility index (Phi) is 7.16. The number of anilines is 1. The number of likely N-dealkylation sites (tertiary alicyclic amines) is 1. The Morgan fingerprint density at radius 3 is 2.50 bits per heavy atom. The highest BCUT2D eigenvalue weighted by atomic mass is 35.5. The Labute approximate surface area is 184 Å². The van der Waals surface area contributed by atoms with Gasteiger partial charge in [-0.3, -0.25) is 14.5 Å². The highest BCUT2D eigenvalue weighted by Crippen LogP contribution is 2.29. The van der Waals surface area contributed by atoms with Crippen LogP contribution in [0.4, 0.5) is 5.69 Å². The van der Waals surface area contributed by atoms with Crippen molar-refractivity contribution in [1.82, 2.24) is 15.1 Å². The van der Waals surface area contributed by atoms with Crippen molar-refractivity contribution >= 4 is 29.1 Å². The van der Waals surface area contributed by atoms with Crippen LogP contribution >= 0.6 is 11.6 Å². The third-order valence-corrected chi connectivity index (χ3v) is 7.05. The van der Waals surface area contributed by atoms with Gasteiger partial charge in [0.25, 0.3) is 0 Å². The molecule has 4 rings (SSSR count). The molecule has 0 bridgehead atoms. The number of piperazine rings is 1. The molecule has 0 aromatic heterocycles. The maximum Gasteiger partial charge on any atom is 0.242 e. The summed E-state index contributed by atoms with van der Waals surface area (Å²) in [7, 11) is 0. The molecule has 7 heteroatoms. The van der Waals surface area contributed by atoms with E-state index in [1.165, 1.54) is 5.69 Å². The van der Waals surface area contributed by atoms with Gasteiger partial charge in [-0.2, -0.15) is 0 Å². The lowest BCUT2D eigenvalue weighted by Crippen LogP contribution is -2.51. The Balaban J connectivity index is 1.19. The third kappa shape index (κ3) is 5.09. The summed E-state index contributed by atoms with van der Waals surface area (Å²) in [5.41, 5.74) is 1.17. The molecular weight excluding hydrogens is 400 g/mol. The molecule has 1 atom stereocenters. The molecule has 3 aliphatic rings. The van der Waals surface area contributed by atoms with Crippen molar-refractivity contribution < 1.29 is 9.59 Å². The Morgan fingerprint density at radius 1 is 1.00 bits per heavy atom. The van der Waals surface area contributed by atoms with E-state index in [2.05, 4.69) is 21.2 Å². The number of hydrogen-bond donors (Lipinski definition) is 1. The number of nitrogens with zero attached hydrogens (tertiary/aromatic N) is 3. The summed E-state index contributed by atoms with van der Waals surface area (Å²) in [4.78, 5) is 32.1. The molecule has 1 aromatic carbocycles. The number of carbonyl (C=O) groups excluding carboxylic acids is 2. The molecule has 2 heterocycles. The minimum Gasteiger partial charge on any atom is -0.369 e. The first-order chi connectivity index (χ1) is 14.6. The van der Waals surface area contributed by atoms with Crippen LogP contribution in [0.25, 0.3) is 0 Å². The predicted octanol–water partition coefficient (Wildman–Crippen LogP) is 2.76. The number of nitrogens with one attached hydrogen (secondary N) is 1. The van der Waals surface area contributed by atoms with Gasteiger partial charge in [0, 0.05) is 62.4 Å². The zero-order valence-corrected chi connectivity index (χ0v) is 18.4. The van der Waals surface area contributed by atoms with Crippen LogP contribution in [0.3, 0.4) is 0 Å². The molecule has 6 nitrogen and oxygen atoms in total. The van der Waals surface area contributed by atoms with Crippen molar-refractivity contribution in [3.63, 3.8) is 0 Å². The van der Waals surface area contributed by atoms with Crippen LogP contribution in [0.2, 0.25) is 5.02 Å². The van der Waals surface area contributed by atoms with Gasteiger partial charge in [-0.15, -0.1) is 0 Å². The summed E-state index contributed by atoms with van der Waals surface area (Å²) in [5, 5.41) is 3.86. The zero-order chi connectivity index (χ0) is 20.9. The standard InChI is InChI=1S/C23H33ClN4O2/c24-19-7-3-8-20(17-19)27-15-13-26(14-16-27)12-10-25-22(29)21-9-4-11-28(21)23(30)18-5-1-2-6-18/h3,7-8,17-18,21H,1-2,4-6,9-16H2,(H,25,29). The molecule has 1 N–H and O–H groups in total. The van der Waals surface area contributed by atoms with Gasteiger partial charge in [-0.1, -0.05) is 30.5 Å². The van der Waals surface area contributed by atoms with Gasteiger partial charge in [0.1, 0.15) is 6.04 Å². The fraction of sp³-hybridized carbons (Fsp3) is 0.652. The lowest BCUT2D eigenvalue weighted by molar-refractivity contribution is -0.141. The number of halogens is 1. The van der Waals surface area contributed by atoms with E-state index in [4.69, 9.17) is 11.6 Å². The van der Waals surface area contributed by atoms with E-state index in [1.807, 2.05) is 23.1 Å². The molecule has 2 aliphatic heterocycles. The second-order valence-electron chi connectivity index (χ2n) is 8.77. The van der Waals surface area contributed by atoms with Crippen molar-refractivity contribution in [3.8, 4) is 0 Å². The van der Waals surface area contributed by atoms with Crippen LogP contribution in [-0.2, 0) is 9.59 Å². The van der Waals surface area contributed by atoms with Crippen LogP contribution in [0.5, 0.6) is 0 Å². The summed E-state index contributed by atoms with van der Waals surface area (Å²) in [6.45, 7) is 6.08. The molecule has 3 fully saturated rings. The lowest BCUT2D eigenvalue weighted by Gasteiger charge is -2.36. The molecular formula is C23H33ClN4O2. The van der Waals surface area contributed by atoms with Crippen LogP contribution in [0, 0.1) is 5.92 Å². The lowest BCUT2D eigenvalue weighted by atomic mass is 10.1. The number of hydrogen-bond acceptors (Lipinski definition) is 4. The molecule has 2 saturated heterocycles. The van der Waals surface area contributed by atoms with E-state index in [9.17, 15) is 9.59 Å². The normalized spacial score (nSPS) is 23.2. The smallest absolute Gasteiger partial charge is 0.242 e. The van der Waals surface area contributed by atoms with Crippen LogP contribution in [0.15, 0.2) is 24.3 Å². The average molecular weight is 433 g/mol. The highest BCUT2D eigenvalue weighted by Gasteiger charge is 2.37. The highest BCUT2D eigenvalue weighted by molar-refractivity contribution is 6.30. The maximum atomic E-state index is 12.8. The second-order valence-corrected chi connectivity index (χ2v) is 9.21. The molecule has 0 spiro atoms. The van der Waals surface area contributed by atoms with Crippen molar-refractivity contribution in [2.24, 2.45) is 5.92 Å². The first kappa shape index (κ1) is 21.4. The van der Waals surface area contributed by atoms with Gasteiger partial charge in [0.05, 0.1) is 0 Å². The SMILES string of the molecule is O=C(NCCN1CCN(c2cccc(Cl)c2)CC1)C1CCCN1C(=O)C1CCCC1. The molecule has 164 valence electrons. The van der Waals surface area contributed by atoms with Crippen LogP contribution in [-0.4, -0.2) is 73.5 Å². The fourth-order valence-electron chi connectivity index (χ4n) is 5.07. The first-order valence-electron chi connectivity index (χ1n) is 11.4. The Hall–Kier alpha value is -1.79. The zero-order valence-electron chi connectivity index (χ0n) is 17.7. The summed E-state index contributed by atoms with van der Waals surface area (Å²) in [6.07, 6.45) is 6.00. The van der Waals surface area contributed by atoms with Gasteiger partial charge >= 0.3 is 0 Å². The Bertz CT molecular complexity index is 744. The number of carbonyl (C=O) groups is 2. The summed E-state index contributed by atoms with van der Waals surface area (Å²) < 4.78 is 0. The van der Waals surface area contributed by atoms with E-state index in [-0.39, 0.29) is 23.8 Å². The van der Waals surface area contributed by atoms with Crippen molar-refractivity contribution in [2.45, 2.75) is 44.6 Å². The topological polar surface area (TPSA) is 55.9 Å². The summed E-state index contributed by atoms with van der Waals surface area (Å²) >= 11 is 6.11. The van der Waals surface area contributed by atoms with Crippen LogP contribution < -0.4 is 10.2 Å². The van der Waals surface area contributed by atoms with Crippen molar-refractivity contribution in [3.05, 3.63) is 29.3 Å².